The van der Waals surface area contributed by atoms with E-state index in [0.29, 0.717) is 5.75 Å². The molecule has 0 saturated heterocycles. The Bertz CT molecular complexity index is 663. The van der Waals surface area contributed by atoms with Crippen molar-refractivity contribution in [3.8, 4) is 5.75 Å². The van der Waals surface area contributed by atoms with Crippen LogP contribution in [0.4, 0.5) is 0 Å². The molecule has 0 fully saturated rings. The van der Waals surface area contributed by atoms with E-state index in [9.17, 15) is 9.90 Å². The van der Waals surface area contributed by atoms with Gasteiger partial charge in [0.05, 0.1) is 15.9 Å². The van der Waals surface area contributed by atoms with Crippen LogP contribution in [0.25, 0.3) is 0 Å². The van der Waals surface area contributed by atoms with Crippen molar-refractivity contribution in [3.05, 3.63) is 31.7 Å². The minimum atomic E-state index is -0.951. The molecule has 0 atom stereocenters. The van der Waals surface area contributed by atoms with Crippen molar-refractivity contribution in [2.24, 2.45) is 7.05 Å². The Hall–Kier alpha value is -1.34. The van der Waals surface area contributed by atoms with Crippen LogP contribution in [-0.2, 0) is 26.5 Å². The summed E-state index contributed by atoms with van der Waals surface area (Å²) in [5.74, 6) is -0.525. The van der Waals surface area contributed by atoms with Gasteiger partial charge in [0.25, 0.3) is 0 Å². The third kappa shape index (κ3) is 3.29. The molecule has 0 bridgehead atoms. The van der Waals surface area contributed by atoms with Gasteiger partial charge in [0.1, 0.15) is 12.4 Å². The molecule has 0 saturated carbocycles. The molecular weight excluding hydrogens is 356 g/mol. The fraction of sp³-hybridized carbons (Fsp3) is 0.429. The van der Waals surface area contributed by atoms with E-state index >= 15 is 0 Å². The number of aromatic carboxylic acids is 1. The summed E-state index contributed by atoms with van der Waals surface area (Å²) in [4.78, 5) is 12.5. The van der Waals surface area contributed by atoms with Crippen LogP contribution in [0.3, 0.4) is 0 Å². The van der Waals surface area contributed by atoms with Gasteiger partial charge in [-0.05, 0) is 34.8 Å². The van der Waals surface area contributed by atoms with Crippen LogP contribution < -0.4 is 4.74 Å². The van der Waals surface area contributed by atoms with Gasteiger partial charge in [-0.25, -0.2) is 4.79 Å². The molecule has 0 spiro atoms. The summed E-state index contributed by atoms with van der Waals surface area (Å²) in [7, 11) is 1.85. The topological polar surface area (TPSA) is 64.4 Å². The number of thiophene rings is 1. The molecule has 114 valence electrons. The minimum absolute atomic E-state index is 0.251. The molecular formula is C14H17BrN2O3S. The first-order valence-electron chi connectivity index (χ1n) is 6.66. The zero-order valence-corrected chi connectivity index (χ0v) is 14.5. The number of ether oxygens (including phenoxy) is 1. The van der Waals surface area contributed by atoms with Crippen molar-refractivity contribution in [2.75, 3.05) is 0 Å². The van der Waals surface area contributed by atoms with Crippen LogP contribution in [-0.4, -0.2) is 20.9 Å². The maximum absolute atomic E-state index is 11.3. The highest BCUT2D eigenvalue weighted by Crippen LogP contribution is 2.31. The van der Waals surface area contributed by atoms with Gasteiger partial charge in [-0.2, -0.15) is 5.10 Å². The summed E-state index contributed by atoms with van der Waals surface area (Å²) in [6, 6.07) is 1.80. The van der Waals surface area contributed by atoms with Crippen LogP contribution in [0.1, 0.15) is 39.8 Å². The van der Waals surface area contributed by atoms with Gasteiger partial charge in [-0.15, -0.1) is 11.3 Å². The van der Waals surface area contributed by atoms with E-state index < -0.39 is 5.97 Å². The van der Waals surface area contributed by atoms with Crippen molar-refractivity contribution in [3.63, 3.8) is 0 Å². The molecule has 7 heteroatoms. The number of carboxylic acid groups (broad SMARTS) is 1. The van der Waals surface area contributed by atoms with Crippen LogP contribution in [0.2, 0.25) is 0 Å². The SMILES string of the molecule is CCc1cc(OCc2c(Br)c(CC)nn2C)c(C(=O)O)s1. The average molecular weight is 373 g/mol. The molecule has 1 N–H and O–H groups in total. The summed E-state index contributed by atoms with van der Waals surface area (Å²) in [6.45, 7) is 4.31. The van der Waals surface area contributed by atoms with E-state index in [4.69, 9.17) is 4.74 Å². The lowest BCUT2D eigenvalue weighted by Gasteiger charge is -2.06. The van der Waals surface area contributed by atoms with Crippen LogP contribution in [0.5, 0.6) is 5.75 Å². The molecule has 5 nitrogen and oxygen atoms in total. The van der Waals surface area contributed by atoms with Crippen molar-refractivity contribution in [1.82, 2.24) is 9.78 Å². The molecule has 2 rings (SSSR count). The fourth-order valence-corrected chi connectivity index (χ4v) is 3.58. The third-order valence-electron chi connectivity index (χ3n) is 3.16. The number of aromatic nitrogens is 2. The van der Waals surface area contributed by atoms with E-state index in [1.807, 2.05) is 20.9 Å². The molecule has 0 aliphatic rings. The first-order chi connectivity index (χ1) is 9.97. The first kappa shape index (κ1) is 16.0. The lowest BCUT2D eigenvalue weighted by atomic mass is 10.3. The monoisotopic (exact) mass is 372 g/mol. The Morgan fingerprint density at radius 2 is 2.19 bits per heavy atom. The lowest BCUT2D eigenvalue weighted by Crippen LogP contribution is -2.05. The minimum Gasteiger partial charge on any atom is -0.485 e. The zero-order chi connectivity index (χ0) is 15.6. The maximum atomic E-state index is 11.3. The first-order valence-corrected chi connectivity index (χ1v) is 8.27. The van der Waals surface area contributed by atoms with E-state index in [2.05, 4.69) is 21.0 Å². The number of halogens is 1. The summed E-state index contributed by atoms with van der Waals surface area (Å²) in [5, 5.41) is 13.6. The number of hydrogen-bond donors (Lipinski definition) is 1. The van der Waals surface area contributed by atoms with Gasteiger partial charge >= 0.3 is 5.97 Å². The van der Waals surface area contributed by atoms with Crippen molar-refractivity contribution >= 4 is 33.2 Å². The highest BCUT2D eigenvalue weighted by Gasteiger charge is 2.18. The second kappa shape index (κ2) is 6.62. The van der Waals surface area contributed by atoms with Gasteiger partial charge in [0.15, 0.2) is 4.88 Å². The molecule has 2 aromatic rings. The second-order valence-electron chi connectivity index (χ2n) is 4.54. The predicted octanol–water partition coefficient (Wildman–Crippen LogP) is 3.65. The Labute approximate surface area is 135 Å². The summed E-state index contributed by atoms with van der Waals surface area (Å²) >= 11 is 4.79. The molecule has 0 unspecified atom stereocenters. The van der Waals surface area contributed by atoms with Crippen molar-refractivity contribution in [2.45, 2.75) is 33.3 Å². The number of nitrogens with zero attached hydrogens (tertiary/aromatic N) is 2. The number of aryl methyl sites for hydroxylation is 3. The number of rotatable bonds is 6. The normalized spacial score (nSPS) is 10.9. The number of carboxylic acids is 1. The Morgan fingerprint density at radius 3 is 2.71 bits per heavy atom. The lowest BCUT2D eigenvalue weighted by molar-refractivity contribution is 0.0697. The molecule has 21 heavy (non-hydrogen) atoms. The molecule has 2 heterocycles. The molecule has 0 radical (unpaired) electrons. The Kier molecular flexibility index (Phi) is 5.05. The van der Waals surface area contributed by atoms with Gasteiger partial charge in [-0.1, -0.05) is 13.8 Å². The number of carbonyl (C=O) groups is 1. The van der Waals surface area contributed by atoms with Gasteiger partial charge in [0, 0.05) is 11.9 Å². The number of hydrogen-bond acceptors (Lipinski definition) is 4. The molecule has 0 aromatic carbocycles. The molecule has 0 amide bonds. The standard InChI is InChI=1S/C14H17BrN2O3S/c1-4-8-6-11(13(21-8)14(18)19)20-7-10-12(15)9(5-2)16-17(10)3/h6H,4-5,7H2,1-3H3,(H,18,19). The van der Waals surface area contributed by atoms with Crippen molar-refractivity contribution < 1.29 is 14.6 Å². The highest BCUT2D eigenvalue weighted by atomic mass is 79.9. The smallest absolute Gasteiger partial charge is 0.349 e. The highest BCUT2D eigenvalue weighted by molar-refractivity contribution is 9.10. The fourth-order valence-electron chi connectivity index (χ4n) is 1.98. The Balaban J connectivity index is 2.22. The average Bonchev–Trinajstić information content (AvgIpc) is 2.98. The molecule has 0 aliphatic heterocycles. The zero-order valence-electron chi connectivity index (χ0n) is 12.1. The van der Waals surface area contributed by atoms with Gasteiger partial charge < -0.3 is 9.84 Å². The summed E-state index contributed by atoms with van der Waals surface area (Å²) in [6.07, 6.45) is 1.62. The third-order valence-corrected chi connectivity index (χ3v) is 5.32. The van der Waals surface area contributed by atoms with E-state index in [1.165, 1.54) is 11.3 Å². The Morgan fingerprint density at radius 1 is 1.48 bits per heavy atom. The summed E-state index contributed by atoms with van der Waals surface area (Å²) in [5.41, 5.74) is 1.86. The van der Waals surface area contributed by atoms with E-state index in [-0.39, 0.29) is 11.5 Å². The maximum Gasteiger partial charge on any atom is 0.349 e. The van der Waals surface area contributed by atoms with E-state index in [1.54, 1.807) is 10.7 Å². The predicted molar refractivity (Wildman–Crippen MR) is 85.3 cm³/mol. The van der Waals surface area contributed by atoms with E-state index in [0.717, 1.165) is 33.6 Å². The quantitative estimate of drug-likeness (QED) is 0.840. The summed E-state index contributed by atoms with van der Waals surface area (Å²) < 4.78 is 8.41. The van der Waals surface area contributed by atoms with Crippen LogP contribution in [0.15, 0.2) is 10.5 Å². The van der Waals surface area contributed by atoms with Crippen LogP contribution in [0, 0.1) is 0 Å². The largest absolute Gasteiger partial charge is 0.485 e. The molecule has 2 aromatic heterocycles. The van der Waals surface area contributed by atoms with Gasteiger partial charge in [0.2, 0.25) is 0 Å². The molecule has 0 aliphatic carbocycles. The van der Waals surface area contributed by atoms with Crippen molar-refractivity contribution in [1.29, 1.82) is 0 Å². The van der Waals surface area contributed by atoms with Gasteiger partial charge in [-0.3, -0.25) is 4.68 Å². The van der Waals surface area contributed by atoms with Crippen LogP contribution >= 0.6 is 27.3 Å². The second-order valence-corrected chi connectivity index (χ2v) is 6.47.